The smallest absolute Gasteiger partial charge is 0.0651 e. The van der Waals surface area contributed by atoms with E-state index in [0.29, 0.717) is 6.10 Å². The van der Waals surface area contributed by atoms with E-state index in [2.05, 4.69) is 0 Å². The van der Waals surface area contributed by atoms with E-state index in [9.17, 15) is 5.11 Å². The maximum Gasteiger partial charge on any atom is 0.0651 e. The Balaban J connectivity index is 2.09. The molecule has 1 aliphatic rings. The minimum absolute atomic E-state index is 0.0773. The van der Waals surface area contributed by atoms with Crippen LogP contribution in [0.15, 0.2) is 12.2 Å². The molecule has 12 heavy (non-hydrogen) atoms. The van der Waals surface area contributed by atoms with Gasteiger partial charge in [0.15, 0.2) is 0 Å². The van der Waals surface area contributed by atoms with Crippen molar-refractivity contribution < 1.29 is 9.84 Å². The van der Waals surface area contributed by atoms with Gasteiger partial charge in [0.1, 0.15) is 0 Å². The second-order valence-electron chi connectivity index (χ2n) is 3.33. The Labute approximate surface area is 74.2 Å². The standard InChI is InChI=1S/C10H18O2/c1-2-3-8-12-10-6-4-9(11)5-7-10/h2-3,9-11H,4-8H2,1H3. The zero-order chi connectivity index (χ0) is 8.81. The molecule has 1 aliphatic carbocycles. The average molecular weight is 170 g/mol. The van der Waals surface area contributed by atoms with Crippen LogP contribution in [-0.4, -0.2) is 23.9 Å². The molecule has 0 aliphatic heterocycles. The molecule has 0 radical (unpaired) electrons. The number of hydrogen-bond acceptors (Lipinski definition) is 2. The number of hydrogen-bond donors (Lipinski definition) is 1. The van der Waals surface area contributed by atoms with Crippen molar-refractivity contribution in [1.82, 2.24) is 0 Å². The third-order valence-electron chi connectivity index (χ3n) is 2.31. The van der Waals surface area contributed by atoms with Gasteiger partial charge in [-0.15, -0.1) is 0 Å². The largest absolute Gasteiger partial charge is 0.393 e. The second kappa shape index (κ2) is 5.33. The lowest BCUT2D eigenvalue weighted by Gasteiger charge is -2.24. The Hall–Kier alpha value is -0.340. The van der Waals surface area contributed by atoms with E-state index in [1.807, 2.05) is 19.1 Å². The summed E-state index contributed by atoms with van der Waals surface area (Å²) in [7, 11) is 0. The van der Waals surface area contributed by atoms with Gasteiger partial charge in [0.05, 0.1) is 18.8 Å². The van der Waals surface area contributed by atoms with Crippen LogP contribution in [0.1, 0.15) is 32.6 Å². The minimum Gasteiger partial charge on any atom is -0.393 e. The molecule has 0 aromatic carbocycles. The van der Waals surface area contributed by atoms with Crippen LogP contribution in [0.4, 0.5) is 0 Å². The highest BCUT2D eigenvalue weighted by molar-refractivity contribution is 4.78. The van der Waals surface area contributed by atoms with Crippen LogP contribution in [-0.2, 0) is 4.74 Å². The highest BCUT2D eigenvalue weighted by Crippen LogP contribution is 2.20. The SMILES string of the molecule is CC=CCOC1CCC(O)CC1. The van der Waals surface area contributed by atoms with Crippen LogP contribution in [0.3, 0.4) is 0 Å². The van der Waals surface area contributed by atoms with Crippen molar-refractivity contribution in [3.05, 3.63) is 12.2 Å². The summed E-state index contributed by atoms with van der Waals surface area (Å²) < 4.78 is 5.57. The Kier molecular flexibility index (Phi) is 4.33. The third-order valence-corrected chi connectivity index (χ3v) is 2.31. The predicted molar refractivity (Wildman–Crippen MR) is 49.0 cm³/mol. The number of ether oxygens (including phenoxy) is 1. The fourth-order valence-corrected chi connectivity index (χ4v) is 1.50. The molecule has 0 amide bonds. The van der Waals surface area contributed by atoms with Crippen LogP contribution in [0, 0.1) is 0 Å². The topological polar surface area (TPSA) is 29.5 Å². The van der Waals surface area contributed by atoms with Crippen molar-refractivity contribution in [1.29, 1.82) is 0 Å². The Morgan fingerprint density at radius 3 is 2.58 bits per heavy atom. The first-order valence-corrected chi connectivity index (χ1v) is 4.73. The number of rotatable bonds is 3. The van der Waals surface area contributed by atoms with Crippen LogP contribution in [0.2, 0.25) is 0 Å². The minimum atomic E-state index is -0.0773. The van der Waals surface area contributed by atoms with Crippen LogP contribution in [0.25, 0.3) is 0 Å². The predicted octanol–water partition coefficient (Wildman–Crippen LogP) is 1.88. The number of aliphatic hydroxyl groups is 1. The van der Waals surface area contributed by atoms with Gasteiger partial charge in [-0.1, -0.05) is 12.2 Å². The fraction of sp³-hybridized carbons (Fsp3) is 0.800. The first kappa shape index (κ1) is 9.75. The molecule has 70 valence electrons. The molecule has 0 unspecified atom stereocenters. The van der Waals surface area contributed by atoms with Crippen molar-refractivity contribution in [2.75, 3.05) is 6.61 Å². The molecular formula is C10H18O2. The molecule has 1 N–H and O–H groups in total. The summed E-state index contributed by atoms with van der Waals surface area (Å²) in [6.07, 6.45) is 8.15. The molecule has 0 saturated heterocycles. The lowest BCUT2D eigenvalue weighted by atomic mass is 9.95. The molecule has 2 heteroatoms. The molecule has 1 fully saturated rings. The zero-order valence-electron chi connectivity index (χ0n) is 7.70. The quantitative estimate of drug-likeness (QED) is 0.655. The van der Waals surface area contributed by atoms with E-state index in [0.717, 1.165) is 32.3 Å². The third kappa shape index (κ3) is 3.37. The van der Waals surface area contributed by atoms with Crippen LogP contribution < -0.4 is 0 Å². The van der Waals surface area contributed by atoms with Crippen LogP contribution in [0.5, 0.6) is 0 Å². The average Bonchev–Trinajstić information content (AvgIpc) is 2.09. The van der Waals surface area contributed by atoms with Crippen molar-refractivity contribution in [3.63, 3.8) is 0 Å². The maximum atomic E-state index is 9.23. The Morgan fingerprint density at radius 1 is 1.33 bits per heavy atom. The normalized spacial score (nSPS) is 31.2. The van der Waals surface area contributed by atoms with E-state index in [4.69, 9.17) is 4.74 Å². The van der Waals surface area contributed by atoms with Gasteiger partial charge in [0.25, 0.3) is 0 Å². The fourth-order valence-electron chi connectivity index (χ4n) is 1.50. The summed E-state index contributed by atoms with van der Waals surface area (Å²) in [5, 5.41) is 9.23. The highest BCUT2D eigenvalue weighted by atomic mass is 16.5. The van der Waals surface area contributed by atoms with Gasteiger partial charge in [-0.2, -0.15) is 0 Å². The summed E-state index contributed by atoms with van der Waals surface area (Å²) in [4.78, 5) is 0. The summed E-state index contributed by atoms with van der Waals surface area (Å²) in [5.74, 6) is 0. The first-order chi connectivity index (χ1) is 5.83. The van der Waals surface area contributed by atoms with Gasteiger partial charge >= 0.3 is 0 Å². The zero-order valence-corrected chi connectivity index (χ0v) is 7.70. The molecule has 0 aromatic heterocycles. The van der Waals surface area contributed by atoms with E-state index in [1.165, 1.54) is 0 Å². The summed E-state index contributed by atoms with van der Waals surface area (Å²) >= 11 is 0. The molecule has 1 saturated carbocycles. The maximum absolute atomic E-state index is 9.23. The summed E-state index contributed by atoms with van der Waals surface area (Å²) in [5.41, 5.74) is 0. The molecule has 0 spiro atoms. The van der Waals surface area contributed by atoms with Crippen molar-refractivity contribution in [3.8, 4) is 0 Å². The van der Waals surface area contributed by atoms with Gasteiger partial charge in [-0.05, 0) is 32.6 Å². The molecule has 0 heterocycles. The van der Waals surface area contributed by atoms with Gasteiger partial charge in [0, 0.05) is 0 Å². The monoisotopic (exact) mass is 170 g/mol. The van der Waals surface area contributed by atoms with E-state index < -0.39 is 0 Å². The molecular weight excluding hydrogens is 152 g/mol. The molecule has 0 atom stereocenters. The molecule has 2 nitrogen and oxygen atoms in total. The van der Waals surface area contributed by atoms with Crippen molar-refractivity contribution >= 4 is 0 Å². The Bertz CT molecular complexity index is 135. The van der Waals surface area contributed by atoms with Gasteiger partial charge in [-0.3, -0.25) is 0 Å². The lowest BCUT2D eigenvalue weighted by Crippen LogP contribution is -2.24. The lowest BCUT2D eigenvalue weighted by molar-refractivity contribution is 0.00904. The van der Waals surface area contributed by atoms with Crippen LogP contribution >= 0.6 is 0 Å². The molecule has 0 aromatic rings. The van der Waals surface area contributed by atoms with Gasteiger partial charge < -0.3 is 9.84 Å². The van der Waals surface area contributed by atoms with Crippen molar-refractivity contribution in [2.24, 2.45) is 0 Å². The summed E-state index contributed by atoms with van der Waals surface area (Å²) in [6, 6.07) is 0. The summed E-state index contributed by atoms with van der Waals surface area (Å²) in [6.45, 7) is 2.71. The van der Waals surface area contributed by atoms with Gasteiger partial charge in [0.2, 0.25) is 0 Å². The first-order valence-electron chi connectivity index (χ1n) is 4.73. The van der Waals surface area contributed by atoms with E-state index in [-0.39, 0.29) is 6.10 Å². The molecule has 0 bridgehead atoms. The van der Waals surface area contributed by atoms with Gasteiger partial charge in [-0.25, -0.2) is 0 Å². The highest BCUT2D eigenvalue weighted by Gasteiger charge is 2.18. The van der Waals surface area contributed by atoms with Crippen molar-refractivity contribution in [2.45, 2.75) is 44.8 Å². The molecule has 1 rings (SSSR count). The van der Waals surface area contributed by atoms with E-state index in [1.54, 1.807) is 0 Å². The number of aliphatic hydroxyl groups excluding tert-OH is 1. The van der Waals surface area contributed by atoms with E-state index >= 15 is 0 Å². The second-order valence-corrected chi connectivity index (χ2v) is 3.33. The number of allylic oxidation sites excluding steroid dienone is 1. The Morgan fingerprint density at radius 2 is 2.00 bits per heavy atom.